The summed E-state index contributed by atoms with van der Waals surface area (Å²) < 4.78 is 11.1. The van der Waals surface area contributed by atoms with E-state index in [9.17, 15) is 4.79 Å². The molecule has 0 aliphatic carbocycles. The van der Waals surface area contributed by atoms with Crippen LogP contribution in [0, 0.1) is 0 Å². The van der Waals surface area contributed by atoms with Gasteiger partial charge in [-0.2, -0.15) is 0 Å². The molecule has 0 aromatic carbocycles. The average molecular weight is 272 g/mol. The van der Waals surface area contributed by atoms with Crippen LogP contribution >= 0.6 is 0 Å². The Labute approximate surface area is 116 Å². The first kappa shape index (κ1) is 16.4. The highest BCUT2D eigenvalue weighted by atomic mass is 16.5. The zero-order valence-corrected chi connectivity index (χ0v) is 12.2. The zero-order chi connectivity index (χ0) is 14.1. The van der Waals surface area contributed by atoms with E-state index in [1.54, 1.807) is 0 Å². The molecular formula is C14H28N2O3. The molecule has 0 radical (unpaired) electrons. The molecule has 0 bridgehead atoms. The van der Waals surface area contributed by atoms with E-state index in [0.29, 0.717) is 19.1 Å². The minimum Gasteiger partial charge on any atom is -0.381 e. The number of rotatable bonds is 9. The summed E-state index contributed by atoms with van der Waals surface area (Å²) in [4.78, 5) is 11.5. The van der Waals surface area contributed by atoms with E-state index in [4.69, 9.17) is 15.2 Å². The first-order valence-electron chi connectivity index (χ1n) is 7.33. The van der Waals surface area contributed by atoms with Crippen LogP contribution < -0.4 is 11.1 Å². The van der Waals surface area contributed by atoms with Crippen LogP contribution in [0.3, 0.4) is 0 Å². The van der Waals surface area contributed by atoms with Gasteiger partial charge in [0.1, 0.15) is 0 Å². The Balaban J connectivity index is 2.22. The van der Waals surface area contributed by atoms with Crippen molar-refractivity contribution in [3.8, 4) is 0 Å². The number of nitrogens with one attached hydrogen (secondary N) is 1. The highest BCUT2D eigenvalue weighted by Gasteiger charge is 2.29. The Bertz CT molecular complexity index is 267. The van der Waals surface area contributed by atoms with Crippen LogP contribution in [0.15, 0.2) is 0 Å². The van der Waals surface area contributed by atoms with E-state index < -0.39 is 5.54 Å². The second-order valence-electron chi connectivity index (χ2n) is 5.41. The number of hydrogen-bond acceptors (Lipinski definition) is 4. The molecule has 5 heteroatoms. The molecule has 19 heavy (non-hydrogen) atoms. The van der Waals surface area contributed by atoms with Crippen molar-refractivity contribution in [2.24, 2.45) is 5.73 Å². The summed E-state index contributed by atoms with van der Waals surface area (Å²) in [6.45, 7) is 7.02. The summed E-state index contributed by atoms with van der Waals surface area (Å²) >= 11 is 0. The fraction of sp³-hybridized carbons (Fsp3) is 0.929. The fourth-order valence-electron chi connectivity index (χ4n) is 2.22. The summed E-state index contributed by atoms with van der Waals surface area (Å²) in [5.74, 6) is -0.285. The number of nitrogens with two attached hydrogens (primary N) is 1. The average Bonchev–Trinajstić information content (AvgIpc) is 2.42. The van der Waals surface area contributed by atoms with E-state index in [0.717, 1.165) is 45.4 Å². The largest absolute Gasteiger partial charge is 0.381 e. The van der Waals surface area contributed by atoms with Gasteiger partial charge in [-0.1, -0.05) is 6.92 Å². The summed E-state index contributed by atoms with van der Waals surface area (Å²) in [6, 6.07) is 0. The predicted molar refractivity (Wildman–Crippen MR) is 74.9 cm³/mol. The number of primary amides is 1. The molecule has 1 amide bonds. The maximum atomic E-state index is 11.5. The molecule has 1 heterocycles. The van der Waals surface area contributed by atoms with E-state index >= 15 is 0 Å². The van der Waals surface area contributed by atoms with Gasteiger partial charge in [-0.15, -0.1) is 0 Å². The Morgan fingerprint density at radius 2 is 2.16 bits per heavy atom. The molecule has 1 fully saturated rings. The van der Waals surface area contributed by atoms with E-state index in [-0.39, 0.29) is 5.91 Å². The summed E-state index contributed by atoms with van der Waals surface area (Å²) in [5.41, 5.74) is 4.86. The quantitative estimate of drug-likeness (QED) is 0.619. The minimum atomic E-state index is -0.616. The van der Waals surface area contributed by atoms with Gasteiger partial charge in [0.25, 0.3) is 0 Å². The van der Waals surface area contributed by atoms with Crippen molar-refractivity contribution in [1.29, 1.82) is 0 Å². The molecule has 1 saturated heterocycles. The lowest BCUT2D eigenvalue weighted by molar-refractivity contribution is -0.124. The molecule has 112 valence electrons. The molecule has 3 N–H and O–H groups in total. The van der Waals surface area contributed by atoms with E-state index in [2.05, 4.69) is 12.2 Å². The van der Waals surface area contributed by atoms with Crippen LogP contribution in [-0.2, 0) is 14.3 Å². The van der Waals surface area contributed by atoms with Crippen LogP contribution in [0.1, 0.15) is 46.0 Å². The van der Waals surface area contributed by atoms with E-state index in [1.165, 1.54) is 0 Å². The molecule has 5 nitrogen and oxygen atoms in total. The van der Waals surface area contributed by atoms with Gasteiger partial charge in [0.05, 0.1) is 11.6 Å². The molecule has 0 saturated carbocycles. The van der Waals surface area contributed by atoms with Crippen LogP contribution in [0.4, 0.5) is 0 Å². The first-order valence-corrected chi connectivity index (χ1v) is 7.33. The Morgan fingerprint density at radius 3 is 2.74 bits per heavy atom. The van der Waals surface area contributed by atoms with Gasteiger partial charge in [0.2, 0.25) is 5.91 Å². The molecule has 0 aromatic rings. The molecule has 1 unspecified atom stereocenters. The normalized spacial score (nSPS) is 20.1. The van der Waals surface area contributed by atoms with Gasteiger partial charge in [0.15, 0.2) is 0 Å². The SMILES string of the molecule is CCCNC(C)(CCCOC1CCOCC1)C(N)=O. The molecular weight excluding hydrogens is 244 g/mol. The minimum absolute atomic E-state index is 0.285. The smallest absolute Gasteiger partial charge is 0.237 e. The summed E-state index contributed by atoms with van der Waals surface area (Å²) in [5, 5.41) is 3.23. The second kappa shape index (κ2) is 8.51. The molecule has 0 spiro atoms. The molecule has 1 aliphatic heterocycles. The third-order valence-corrected chi connectivity index (χ3v) is 3.65. The lowest BCUT2D eigenvalue weighted by atomic mass is 9.95. The molecule has 0 aromatic heterocycles. The van der Waals surface area contributed by atoms with Crippen molar-refractivity contribution in [3.63, 3.8) is 0 Å². The third-order valence-electron chi connectivity index (χ3n) is 3.65. The van der Waals surface area contributed by atoms with Gasteiger partial charge < -0.3 is 20.5 Å². The molecule has 1 aliphatic rings. The molecule has 1 atom stereocenters. The fourth-order valence-corrected chi connectivity index (χ4v) is 2.22. The van der Waals surface area contributed by atoms with Crippen molar-refractivity contribution in [3.05, 3.63) is 0 Å². The highest BCUT2D eigenvalue weighted by molar-refractivity contribution is 5.84. The number of carbonyl (C=O) groups excluding carboxylic acids is 1. The van der Waals surface area contributed by atoms with E-state index in [1.807, 2.05) is 6.92 Å². The maximum absolute atomic E-state index is 11.5. The van der Waals surface area contributed by atoms with Crippen molar-refractivity contribution in [1.82, 2.24) is 5.32 Å². The Morgan fingerprint density at radius 1 is 1.47 bits per heavy atom. The number of ether oxygens (including phenoxy) is 2. The maximum Gasteiger partial charge on any atom is 0.237 e. The van der Waals surface area contributed by atoms with Crippen molar-refractivity contribution >= 4 is 5.91 Å². The van der Waals surface area contributed by atoms with Crippen molar-refractivity contribution in [2.45, 2.75) is 57.6 Å². The second-order valence-corrected chi connectivity index (χ2v) is 5.41. The van der Waals surface area contributed by atoms with Gasteiger partial charge >= 0.3 is 0 Å². The van der Waals surface area contributed by atoms with Gasteiger partial charge in [0, 0.05) is 19.8 Å². The first-order chi connectivity index (χ1) is 9.08. The number of amides is 1. The van der Waals surface area contributed by atoms with Crippen LogP contribution in [0.25, 0.3) is 0 Å². The lowest BCUT2D eigenvalue weighted by Crippen LogP contribution is -2.53. The summed E-state index contributed by atoms with van der Waals surface area (Å²) in [6.07, 6.45) is 4.81. The monoisotopic (exact) mass is 272 g/mol. The molecule has 1 rings (SSSR count). The van der Waals surface area contributed by atoms with Gasteiger partial charge in [-0.3, -0.25) is 4.79 Å². The zero-order valence-electron chi connectivity index (χ0n) is 12.2. The summed E-state index contributed by atoms with van der Waals surface area (Å²) in [7, 11) is 0. The third kappa shape index (κ3) is 5.89. The van der Waals surface area contributed by atoms with Gasteiger partial charge in [-0.25, -0.2) is 0 Å². The highest BCUT2D eigenvalue weighted by Crippen LogP contribution is 2.15. The van der Waals surface area contributed by atoms with Crippen LogP contribution in [0.5, 0.6) is 0 Å². The van der Waals surface area contributed by atoms with Crippen molar-refractivity contribution < 1.29 is 14.3 Å². The topological polar surface area (TPSA) is 73.6 Å². The van der Waals surface area contributed by atoms with Gasteiger partial charge in [-0.05, 0) is 45.6 Å². The standard InChI is InChI=1S/C14H28N2O3/c1-3-8-16-14(2,13(15)17)7-4-9-19-12-5-10-18-11-6-12/h12,16H,3-11H2,1-2H3,(H2,15,17). The Kier molecular flexibility index (Phi) is 7.34. The van der Waals surface area contributed by atoms with Crippen LogP contribution in [0.2, 0.25) is 0 Å². The predicted octanol–water partition coefficient (Wildman–Crippen LogP) is 1.21. The van der Waals surface area contributed by atoms with Crippen molar-refractivity contribution in [2.75, 3.05) is 26.4 Å². The Hall–Kier alpha value is -0.650. The lowest BCUT2D eigenvalue weighted by Gasteiger charge is -2.28. The number of carbonyl (C=O) groups is 1. The van der Waals surface area contributed by atoms with Crippen LogP contribution in [-0.4, -0.2) is 43.9 Å². The number of hydrogen-bond donors (Lipinski definition) is 2.